The maximum atomic E-state index is 6.24. The van der Waals surface area contributed by atoms with Crippen LogP contribution in [0.4, 0.5) is 0 Å². The van der Waals surface area contributed by atoms with Gasteiger partial charge in [-0.05, 0) is 57.9 Å². The van der Waals surface area contributed by atoms with Crippen molar-refractivity contribution in [3.05, 3.63) is 52.0 Å². The van der Waals surface area contributed by atoms with Gasteiger partial charge in [0.25, 0.3) is 0 Å². The van der Waals surface area contributed by atoms with E-state index in [9.17, 15) is 0 Å². The molecule has 1 aliphatic rings. The molecule has 0 aliphatic heterocycles. The van der Waals surface area contributed by atoms with E-state index >= 15 is 0 Å². The first-order chi connectivity index (χ1) is 9.22. The molecule has 2 N–H and O–H groups in total. The summed E-state index contributed by atoms with van der Waals surface area (Å²) in [5.74, 6) is 0. The van der Waals surface area contributed by atoms with Gasteiger partial charge >= 0.3 is 0 Å². The molecule has 19 heavy (non-hydrogen) atoms. The molecule has 0 bridgehead atoms. The Morgan fingerprint density at radius 1 is 1.32 bits per heavy atom. The van der Waals surface area contributed by atoms with E-state index in [-0.39, 0.29) is 6.04 Å². The number of aromatic nitrogens is 2. The lowest BCUT2D eigenvalue weighted by molar-refractivity contribution is 0.610. The molecule has 100 valence electrons. The predicted octanol–water partition coefficient (Wildman–Crippen LogP) is 3.42. The number of hydrogen-bond donors (Lipinski definition) is 1. The summed E-state index contributed by atoms with van der Waals surface area (Å²) in [6.45, 7) is 0.853. The maximum Gasteiger partial charge on any atom is 0.0486 e. The van der Waals surface area contributed by atoms with Crippen molar-refractivity contribution < 1.29 is 0 Å². The van der Waals surface area contributed by atoms with Gasteiger partial charge in [0.05, 0.1) is 0 Å². The van der Waals surface area contributed by atoms with Crippen LogP contribution in [0.1, 0.15) is 42.0 Å². The van der Waals surface area contributed by atoms with Crippen molar-refractivity contribution in [2.45, 2.75) is 38.3 Å². The Bertz CT molecular complexity index is 577. The second kappa shape index (κ2) is 5.47. The standard InChI is InChI=1S/C15H18BrN3/c16-13-5-11(6-18-7-13)8-19-9-12-3-1-2-4-15(17)14(12)10-19/h5-7,9-10,15H,1-4,8,17H2. The van der Waals surface area contributed by atoms with Crippen molar-refractivity contribution in [3.8, 4) is 0 Å². The summed E-state index contributed by atoms with van der Waals surface area (Å²) in [6.07, 6.45) is 12.9. The highest BCUT2D eigenvalue weighted by atomic mass is 79.9. The van der Waals surface area contributed by atoms with Crippen LogP contribution in [-0.2, 0) is 13.0 Å². The quantitative estimate of drug-likeness (QED) is 0.862. The molecule has 2 aromatic heterocycles. The van der Waals surface area contributed by atoms with Gasteiger partial charge in [0, 0.05) is 41.8 Å². The van der Waals surface area contributed by atoms with Crippen molar-refractivity contribution in [2.75, 3.05) is 0 Å². The lowest BCUT2D eigenvalue weighted by Gasteiger charge is -2.07. The minimum Gasteiger partial charge on any atom is -0.349 e. The Morgan fingerprint density at radius 2 is 2.21 bits per heavy atom. The van der Waals surface area contributed by atoms with Gasteiger partial charge in [0.15, 0.2) is 0 Å². The zero-order valence-corrected chi connectivity index (χ0v) is 12.4. The Hall–Kier alpha value is -1.13. The number of rotatable bonds is 2. The van der Waals surface area contributed by atoms with Crippen LogP contribution in [0, 0.1) is 0 Å². The Kier molecular flexibility index (Phi) is 3.71. The molecule has 1 unspecified atom stereocenters. The van der Waals surface area contributed by atoms with Crippen LogP contribution in [0.3, 0.4) is 0 Å². The van der Waals surface area contributed by atoms with Gasteiger partial charge in [-0.1, -0.05) is 6.42 Å². The molecule has 0 saturated heterocycles. The molecule has 2 heterocycles. The first-order valence-electron chi connectivity index (χ1n) is 6.76. The second-order valence-corrected chi connectivity index (χ2v) is 6.19. The van der Waals surface area contributed by atoms with Gasteiger partial charge in [-0.15, -0.1) is 0 Å². The first-order valence-corrected chi connectivity index (χ1v) is 7.55. The Balaban J connectivity index is 1.85. The third-order valence-corrected chi connectivity index (χ3v) is 4.17. The zero-order valence-electron chi connectivity index (χ0n) is 10.8. The van der Waals surface area contributed by atoms with Crippen molar-refractivity contribution in [2.24, 2.45) is 5.73 Å². The molecule has 2 aromatic rings. The number of nitrogens with zero attached hydrogens (tertiary/aromatic N) is 2. The molecule has 1 aliphatic carbocycles. The Labute approximate surface area is 122 Å². The van der Waals surface area contributed by atoms with Crippen molar-refractivity contribution in [3.63, 3.8) is 0 Å². The number of nitrogens with two attached hydrogens (primary N) is 1. The smallest absolute Gasteiger partial charge is 0.0486 e. The summed E-state index contributed by atoms with van der Waals surface area (Å²) >= 11 is 3.46. The first kappa shape index (κ1) is 12.9. The second-order valence-electron chi connectivity index (χ2n) is 5.27. The summed E-state index contributed by atoms with van der Waals surface area (Å²) in [5, 5.41) is 0. The maximum absolute atomic E-state index is 6.24. The van der Waals surface area contributed by atoms with E-state index < -0.39 is 0 Å². The minimum absolute atomic E-state index is 0.208. The number of halogens is 1. The van der Waals surface area contributed by atoms with E-state index in [1.165, 1.54) is 29.5 Å². The molecule has 4 heteroatoms. The predicted molar refractivity (Wildman–Crippen MR) is 80.0 cm³/mol. The van der Waals surface area contributed by atoms with Gasteiger partial charge in [-0.2, -0.15) is 0 Å². The highest BCUT2D eigenvalue weighted by molar-refractivity contribution is 9.10. The van der Waals surface area contributed by atoms with E-state index in [2.05, 4.69) is 43.9 Å². The highest BCUT2D eigenvalue weighted by Crippen LogP contribution is 2.28. The van der Waals surface area contributed by atoms with Crippen LogP contribution in [0.2, 0.25) is 0 Å². The SMILES string of the molecule is NC1CCCCc2cn(Cc3cncc(Br)c3)cc21. The number of aryl methyl sites for hydroxylation is 1. The van der Waals surface area contributed by atoms with Crippen LogP contribution in [-0.4, -0.2) is 9.55 Å². The van der Waals surface area contributed by atoms with Crippen LogP contribution in [0.5, 0.6) is 0 Å². The van der Waals surface area contributed by atoms with Gasteiger partial charge in [-0.3, -0.25) is 4.98 Å². The highest BCUT2D eigenvalue weighted by Gasteiger charge is 2.17. The average molecular weight is 320 g/mol. The minimum atomic E-state index is 0.208. The van der Waals surface area contributed by atoms with Gasteiger partial charge in [0.2, 0.25) is 0 Å². The Morgan fingerprint density at radius 3 is 3.05 bits per heavy atom. The molecular weight excluding hydrogens is 302 g/mol. The molecule has 0 aromatic carbocycles. The number of hydrogen-bond acceptors (Lipinski definition) is 2. The summed E-state index contributed by atoms with van der Waals surface area (Å²) in [6, 6.07) is 2.32. The van der Waals surface area contributed by atoms with Crippen LogP contribution in [0.15, 0.2) is 35.3 Å². The van der Waals surface area contributed by atoms with Crippen molar-refractivity contribution in [1.29, 1.82) is 0 Å². The van der Waals surface area contributed by atoms with Gasteiger partial charge in [-0.25, -0.2) is 0 Å². The average Bonchev–Trinajstić information content (AvgIpc) is 2.70. The van der Waals surface area contributed by atoms with E-state index in [0.29, 0.717) is 0 Å². The third-order valence-electron chi connectivity index (χ3n) is 3.73. The number of pyridine rings is 1. The molecule has 0 fully saturated rings. The summed E-state index contributed by atoms with van der Waals surface area (Å²) in [4.78, 5) is 4.21. The lowest BCUT2D eigenvalue weighted by atomic mass is 10.1. The molecule has 0 radical (unpaired) electrons. The monoisotopic (exact) mass is 319 g/mol. The number of fused-ring (bicyclic) bond motifs is 1. The molecule has 1 atom stereocenters. The molecule has 0 amide bonds. The van der Waals surface area contributed by atoms with E-state index in [0.717, 1.165) is 23.9 Å². The van der Waals surface area contributed by atoms with Gasteiger partial charge < -0.3 is 10.3 Å². The fraction of sp³-hybridized carbons (Fsp3) is 0.400. The van der Waals surface area contributed by atoms with E-state index in [1.807, 2.05) is 12.4 Å². The lowest BCUT2D eigenvalue weighted by Crippen LogP contribution is -2.09. The molecular formula is C15H18BrN3. The fourth-order valence-corrected chi connectivity index (χ4v) is 3.21. The fourth-order valence-electron chi connectivity index (χ4n) is 2.80. The summed E-state index contributed by atoms with van der Waals surface area (Å²) in [7, 11) is 0. The van der Waals surface area contributed by atoms with Crippen LogP contribution < -0.4 is 5.73 Å². The van der Waals surface area contributed by atoms with E-state index in [4.69, 9.17) is 5.73 Å². The summed E-state index contributed by atoms with van der Waals surface area (Å²) in [5.41, 5.74) is 10.2. The molecule has 0 saturated carbocycles. The van der Waals surface area contributed by atoms with Crippen molar-refractivity contribution in [1.82, 2.24) is 9.55 Å². The third kappa shape index (κ3) is 2.90. The van der Waals surface area contributed by atoms with Crippen LogP contribution in [0.25, 0.3) is 0 Å². The normalized spacial score (nSPS) is 18.9. The van der Waals surface area contributed by atoms with E-state index in [1.54, 1.807) is 0 Å². The van der Waals surface area contributed by atoms with Gasteiger partial charge in [0.1, 0.15) is 0 Å². The molecule has 3 nitrogen and oxygen atoms in total. The molecule has 3 rings (SSSR count). The largest absolute Gasteiger partial charge is 0.349 e. The van der Waals surface area contributed by atoms with Crippen molar-refractivity contribution >= 4 is 15.9 Å². The van der Waals surface area contributed by atoms with Crippen LogP contribution >= 0.6 is 15.9 Å². The topological polar surface area (TPSA) is 43.8 Å². The molecule has 0 spiro atoms. The summed E-state index contributed by atoms with van der Waals surface area (Å²) < 4.78 is 3.26. The zero-order chi connectivity index (χ0) is 13.2.